The van der Waals surface area contributed by atoms with Gasteiger partial charge in [0.05, 0.1) is 14.2 Å². The van der Waals surface area contributed by atoms with Crippen LogP contribution in [0.15, 0.2) is 48.5 Å². The van der Waals surface area contributed by atoms with Gasteiger partial charge in [-0.2, -0.15) is 0 Å². The molecule has 2 aromatic carbocycles. The van der Waals surface area contributed by atoms with Crippen LogP contribution in [0.1, 0.15) is 25.0 Å². The summed E-state index contributed by atoms with van der Waals surface area (Å²) in [4.78, 5) is 0. The Hall–Kier alpha value is -1.71. The Morgan fingerprint density at radius 3 is 1.96 bits per heavy atom. The second-order valence-electron chi connectivity index (χ2n) is 6.05. The summed E-state index contributed by atoms with van der Waals surface area (Å²) in [6.07, 6.45) is 2.00. The molecule has 2 atom stereocenters. The van der Waals surface area contributed by atoms with E-state index in [0.717, 1.165) is 24.3 Å². The van der Waals surface area contributed by atoms with Crippen molar-refractivity contribution in [1.82, 2.24) is 5.32 Å². The van der Waals surface area contributed by atoms with Crippen LogP contribution in [0.4, 0.5) is 0 Å². The van der Waals surface area contributed by atoms with Gasteiger partial charge in [-0.1, -0.05) is 36.4 Å². The van der Waals surface area contributed by atoms with Gasteiger partial charge >= 0.3 is 0 Å². The fourth-order valence-corrected chi connectivity index (χ4v) is 2.93. The second-order valence-corrected chi connectivity index (χ2v) is 6.05. The van der Waals surface area contributed by atoms with Gasteiger partial charge in [0, 0.05) is 12.1 Å². The van der Waals surface area contributed by atoms with Gasteiger partial charge < -0.3 is 14.8 Å². The molecule has 0 amide bonds. The maximum atomic E-state index is 5.37. The van der Waals surface area contributed by atoms with Crippen molar-refractivity contribution in [2.24, 2.45) is 0 Å². The van der Waals surface area contributed by atoms with Crippen LogP contribution < -0.4 is 14.8 Å². The van der Waals surface area contributed by atoms with E-state index in [9.17, 15) is 0 Å². The van der Waals surface area contributed by atoms with Crippen molar-refractivity contribution in [3.05, 3.63) is 59.7 Å². The molecule has 0 fully saturated rings. The van der Waals surface area contributed by atoms with Gasteiger partial charge in [0.2, 0.25) is 0 Å². The Morgan fingerprint density at radius 2 is 1.38 bits per heavy atom. The first kappa shape index (κ1) is 20.3. The largest absolute Gasteiger partial charge is 0.493 e. The molecule has 2 aromatic rings. The minimum Gasteiger partial charge on any atom is -0.493 e. The lowest BCUT2D eigenvalue weighted by Crippen LogP contribution is -2.37. The van der Waals surface area contributed by atoms with Gasteiger partial charge in [-0.05, 0) is 49.9 Å². The Kier molecular flexibility index (Phi) is 8.66. The average Bonchev–Trinajstić information content (AvgIpc) is 2.55. The number of hydrogen-bond acceptors (Lipinski definition) is 3. The number of nitrogens with one attached hydrogen (secondary N) is 1. The summed E-state index contributed by atoms with van der Waals surface area (Å²) in [6.45, 7) is 4.45. The summed E-state index contributed by atoms with van der Waals surface area (Å²) >= 11 is 0. The molecular weight excluding hydrogens is 322 g/mol. The summed E-state index contributed by atoms with van der Waals surface area (Å²) in [5, 5.41) is 3.67. The number of halogens is 1. The highest BCUT2D eigenvalue weighted by atomic mass is 35.5. The van der Waals surface area contributed by atoms with Crippen molar-refractivity contribution in [2.45, 2.75) is 38.8 Å². The van der Waals surface area contributed by atoms with Gasteiger partial charge in [-0.15, -0.1) is 12.4 Å². The maximum Gasteiger partial charge on any atom is 0.160 e. The fourth-order valence-electron chi connectivity index (χ4n) is 2.93. The molecule has 0 aliphatic heterocycles. The zero-order valence-electron chi connectivity index (χ0n) is 14.9. The van der Waals surface area contributed by atoms with E-state index in [1.165, 1.54) is 11.1 Å². The summed E-state index contributed by atoms with van der Waals surface area (Å²) in [6, 6.07) is 17.5. The lowest BCUT2D eigenvalue weighted by molar-refractivity contribution is 0.354. The third-order valence-corrected chi connectivity index (χ3v) is 3.94. The maximum absolute atomic E-state index is 5.37. The molecule has 0 radical (unpaired) electrons. The molecule has 2 unspecified atom stereocenters. The molecule has 0 saturated carbocycles. The Morgan fingerprint density at radius 1 is 0.792 bits per heavy atom. The number of rotatable bonds is 8. The molecule has 0 saturated heterocycles. The summed E-state index contributed by atoms with van der Waals surface area (Å²) in [5.41, 5.74) is 2.61. The van der Waals surface area contributed by atoms with Crippen LogP contribution in [0, 0.1) is 0 Å². The highest BCUT2D eigenvalue weighted by molar-refractivity contribution is 5.85. The summed E-state index contributed by atoms with van der Waals surface area (Å²) in [7, 11) is 3.33. The minimum absolute atomic E-state index is 0. The molecule has 0 spiro atoms. The van der Waals surface area contributed by atoms with E-state index in [1.54, 1.807) is 14.2 Å². The molecule has 4 heteroatoms. The predicted octanol–water partition coefficient (Wildman–Crippen LogP) is 4.28. The lowest BCUT2D eigenvalue weighted by Gasteiger charge is -2.20. The Bertz CT molecular complexity index is 604. The van der Waals surface area contributed by atoms with E-state index in [-0.39, 0.29) is 12.4 Å². The van der Waals surface area contributed by atoms with Crippen LogP contribution in [0.5, 0.6) is 11.5 Å². The molecule has 0 aliphatic rings. The first-order valence-electron chi connectivity index (χ1n) is 8.13. The van der Waals surface area contributed by atoms with Gasteiger partial charge in [-0.3, -0.25) is 0 Å². The highest BCUT2D eigenvalue weighted by Crippen LogP contribution is 2.28. The normalized spacial score (nSPS) is 12.8. The first-order valence-corrected chi connectivity index (χ1v) is 8.13. The SMILES string of the molecule is COc1ccc(CC(C)NC(C)Cc2ccccc2)cc1OC.Cl. The lowest BCUT2D eigenvalue weighted by atomic mass is 10.0. The Balaban J connectivity index is 0.00000288. The molecule has 0 aliphatic carbocycles. The molecule has 0 aromatic heterocycles. The third kappa shape index (κ3) is 6.06. The molecule has 2 rings (SSSR count). The van der Waals surface area contributed by atoms with Gasteiger partial charge in [0.25, 0.3) is 0 Å². The average molecular weight is 350 g/mol. The number of ether oxygens (including phenoxy) is 2. The summed E-state index contributed by atoms with van der Waals surface area (Å²) < 4.78 is 10.7. The van der Waals surface area contributed by atoms with Crippen molar-refractivity contribution >= 4 is 12.4 Å². The quantitative estimate of drug-likeness (QED) is 0.771. The van der Waals surface area contributed by atoms with Crippen LogP contribution in [0.3, 0.4) is 0 Å². The van der Waals surface area contributed by atoms with E-state index >= 15 is 0 Å². The molecule has 1 N–H and O–H groups in total. The standard InChI is InChI=1S/C20H27NO2.ClH/c1-15(12-17-8-6-5-7-9-17)21-16(2)13-18-10-11-19(22-3)20(14-18)23-4;/h5-11,14-16,21H,12-13H2,1-4H3;1H. The predicted molar refractivity (Wildman–Crippen MR) is 103 cm³/mol. The van der Waals surface area contributed by atoms with E-state index < -0.39 is 0 Å². The molecule has 0 bridgehead atoms. The number of hydrogen-bond donors (Lipinski definition) is 1. The second kappa shape index (κ2) is 10.2. The first-order chi connectivity index (χ1) is 11.1. The van der Waals surface area contributed by atoms with E-state index in [0.29, 0.717) is 12.1 Å². The smallest absolute Gasteiger partial charge is 0.160 e. The van der Waals surface area contributed by atoms with Gasteiger partial charge in [0.15, 0.2) is 11.5 Å². The van der Waals surface area contributed by atoms with E-state index in [2.05, 4.69) is 61.6 Å². The monoisotopic (exact) mass is 349 g/mol. The van der Waals surface area contributed by atoms with Crippen LogP contribution in [0.25, 0.3) is 0 Å². The van der Waals surface area contributed by atoms with Crippen LogP contribution >= 0.6 is 12.4 Å². The fraction of sp³-hybridized carbons (Fsp3) is 0.400. The molecule has 3 nitrogen and oxygen atoms in total. The highest BCUT2D eigenvalue weighted by Gasteiger charge is 2.11. The molecule has 132 valence electrons. The van der Waals surface area contributed by atoms with E-state index in [1.807, 2.05) is 6.07 Å². The zero-order chi connectivity index (χ0) is 16.7. The molecule has 24 heavy (non-hydrogen) atoms. The van der Waals surface area contributed by atoms with Crippen LogP contribution in [0.2, 0.25) is 0 Å². The molecular formula is C20H28ClNO2. The van der Waals surface area contributed by atoms with Crippen molar-refractivity contribution in [3.63, 3.8) is 0 Å². The molecule has 0 heterocycles. The van der Waals surface area contributed by atoms with Gasteiger partial charge in [0.1, 0.15) is 0 Å². The number of methoxy groups -OCH3 is 2. The van der Waals surface area contributed by atoms with Crippen LogP contribution in [-0.2, 0) is 12.8 Å². The van der Waals surface area contributed by atoms with Crippen molar-refractivity contribution in [3.8, 4) is 11.5 Å². The van der Waals surface area contributed by atoms with Crippen LogP contribution in [-0.4, -0.2) is 26.3 Å². The number of benzene rings is 2. The third-order valence-electron chi connectivity index (χ3n) is 3.94. The van der Waals surface area contributed by atoms with Crippen molar-refractivity contribution < 1.29 is 9.47 Å². The van der Waals surface area contributed by atoms with E-state index in [4.69, 9.17) is 9.47 Å². The summed E-state index contributed by atoms with van der Waals surface area (Å²) in [5.74, 6) is 1.56. The minimum atomic E-state index is 0. The van der Waals surface area contributed by atoms with Crippen molar-refractivity contribution in [2.75, 3.05) is 14.2 Å². The topological polar surface area (TPSA) is 30.5 Å². The van der Waals surface area contributed by atoms with Gasteiger partial charge in [-0.25, -0.2) is 0 Å². The Labute approximate surface area is 151 Å². The zero-order valence-corrected chi connectivity index (χ0v) is 15.7. The van der Waals surface area contributed by atoms with Crippen molar-refractivity contribution in [1.29, 1.82) is 0 Å².